The number of nitrogens with zero attached hydrogens (tertiary/aromatic N) is 3. The Bertz CT molecular complexity index is 554. The van der Waals surface area contributed by atoms with Crippen LogP contribution in [-0.2, 0) is 11.3 Å². The van der Waals surface area contributed by atoms with E-state index in [1.54, 1.807) is 13.2 Å². The van der Waals surface area contributed by atoms with E-state index >= 15 is 0 Å². The van der Waals surface area contributed by atoms with Crippen molar-refractivity contribution in [3.8, 4) is 0 Å². The minimum absolute atomic E-state index is 0. The van der Waals surface area contributed by atoms with Gasteiger partial charge in [-0.1, -0.05) is 6.07 Å². The molecule has 0 atom stereocenters. The van der Waals surface area contributed by atoms with E-state index in [4.69, 9.17) is 0 Å². The highest BCUT2D eigenvalue weighted by Crippen LogP contribution is 2.13. The highest BCUT2D eigenvalue weighted by Gasteiger charge is 2.13. The molecule has 0 saturated carbocycles. The van der Waals surface area contributed by atoms with Crippen molar-refractivity contribution in [1.82, 2.24) is 20.9 Å². The summed E-state index contributed by atoms with van der Waals surface area (Å²) in [4.78, 5) is 22.3. The lowest BCUT2D eigenvalue weighted by Crippen LogP contribution is -2.48. The van der Waals surface area contributed by atoms with Crippen molar-refractivity contribution in [1.29, 1.82) is 0 Å². The zero-order valence-electron chi connectivity index (χ0n) is 15.3. The molecule has 7 nitrogen and oxygen atoms in total. The van der Waals surface area contributed by atoms with E-state index < -0.39 is 0 Å². The smallest absolute Gasteiger partial charge is 0.239 e. The highest BCUT2D eigenvalue weighted by atomic mass is 127. The molecular weight excluding hydrogens is 419 g/mol. The molecule has 136 valence electrons. The molecule has 0 aliphatic heterocycles. The Kier molecular flexibility index (Phi) is 9.64. The van der Waals surface area contributed by atoms with Crippen molar-refractivity contribution in [2.45, 2.75) is 32.9 Å². The summed E-state index contributed by atoms with van der Waals surface area (Å²) in [5.41, 5.74) is 0.811. The number of hydrogen-bond donors (Lipinski definition) is 3. The van der Waals surface area contributed by atoms with Crippen LogP contribution in [0, 0.1) is 0 Å². The Morgan fingerprint density at radius 2 is 1.96 bits per heavy atom. The summed E-state index contributed by atoms with van der Waals surface area (Å²) >= 11 is 0. The number of amides is 1. The van der Waals surface area contributed by atoms with Crippen LogP contribution in [0.5, 0.6) is 0 Å². The Morgan fingerprint density at radius 3 is 2.50 bits per heavy atom. The minimum Gasteiger partial charge on any atom is -0.362 e. The summed E-state index contributed by atoms with van der Waals surface area (Å²) in [6, 6.07) is 3.91. The number of aromatic nitrogens is 1. The summed E-state index contributed by atoms with van der Waals surface area (Å²) in [6.45, 7) is 6.59. The number of carbonyl (C=O) groups excluding carboxylic acids is 1. The third kappa shape index (κ3) is 8.32. The number of hydrogen-bond acceptors (Lipinski definition) is 4. The van der Waals surface area contributed by atoms with Crippen LogP contribution in [0.1, 0.15) is 26.3 Å². The number of aliphatic imine (C=N–C) groups is 1. The maximum absolute atomic E-state index is 11.8. The number of halogens is 1. The van der Waals surface area contributed by atoms with Crippen LogP contribution < -0.4 is 20.9 Å². The molecule has 8 heteroatoms. The van der Waals surface area contributed by atoms with Crippen LogP contribution in [0.15, 0.2) is 23.3 Å². The number of anilines is 1. The normalized spacial score (nSPS) is 11.3. The molecule has 3 N–H and O–H groups in total. The molecular formula is C16H29IN6O. The van der Waals surface area contributed by atoms with Crippen LogP contribution in [0.3, 0.4) is 0 Å². The van der Waals surface area contributed by atoms with E-state index in [-0.39, 0.29) is 42.0 Å². The Morgan fingerprint density at radius 1 is 1.29 bits per heavy atom. The van der Waals surface area contributed by atoms with Crippen LogP contribution in [0.2, 0.25) is 0 Å². The Labute approximate surface area is 161 Å². The first-order valence-corrected chi connectivity index (χ1v) is 7.59. The average molecular weight is 448 g/mol. The van der Waals surface area contributed by atoms with E-state index in [1.165, 1.54) is 0 Å². The summed E-state index contributed by atoms with van der Waals surface area (Å²) in [5.74, 6) is 1.40. The number of guanidine groups is 1. The molecule has 0 fully saturated rings. The van der Waals surface area contributed by atoms with Crippen LogP contribution in [-0.4, -0.2) is 50.1 Å². The van der Waals surface area contributed by atoms with Gasteiger partial charge in [-0.2, -0.15) is 0 Å². The topological polar surface area (TPSA) is 81.6 Å². The fourth-order valence-corrected chi connectivity index (χ4v) is 2.00. The van der Waals surface area contributed by atoms with Crippen molar-refractivity contribution in [3.05, 3.63) is 23.9 Å². The SMILES string of the molecule is CN=C(NCC(=O)NC(C)(C)C)NCc1cccnc1N(C)C.I. The van der Waals surface area contributed by atoms with Crippen molar-refractivity contribution in [2.24, 2.45) is 4.99 Å². The van der Waals surface area contributed by atoms with Crippen molar-refractivity contribution in [3.63, 3.8) is 0 Å². The second-order valence-electron chi connectivity index (χ2n) is 6.46. The van der Waals surface area contributed by atoms with Gasteiger partial charge in [-0.3, -0.25) is 9.79 Å². The molecule has 0 unspecified atom stereocenters. The molecule has 1 rings (SSSR count). The summed E-state index contributed by atoms with van der Waals surface area (Å²) < 4.78 is 0. The largest absolute Gasteiger partial charge is 0.362 e. The van der Waals surface area contributed by atoms with E-state index in [0.29, 0.717) is 12.5 Å². The van der Waals surface area contributed by atoms with Gasteiger partial charge in [0.2, 0.25) is 5.91 Å². The number of rotatable bonds is 5. The monoisotopic (exact) mass is 448 g/mol. The zero-order chi connectivity index (χ0) is 17.5. The molecule has 24 heavy (non-hydrogen) atoms. The fourth-order valence-electron chi connectivity index (χ4n) is 2.00. The quantitative estimate of drug-likeness (QED) is 0.360. The van der Waals surface area contributed by atoms with Gasteiger partial charge in [0, 0.05) is 45.0 Å². The lowest BCUT2D eigenvalue weighted by Gasteiger charge is -2.21. The van der Waals surface area contributed by atoms with Crippen molar-refractivity contribution in [2.75, 3.05) is 32.6 Å². The van der Waals surface area contributed by atoms with Crippen LogP contribution in [0.25, 0.3) is 0 Å². The average Bonchev–Trinajstić information content (AvgIpc) is 2.45. The van der Waals surface area contributed by atoms with Gasteiger partial charge in [0.15, 0.2) is 5.96 Å². The second-order valence-corrected chi connectivity index (χ2v) is 6.46. The molecule has 1 aromatic heterocycles. The first kappa shape index (κ1) is 22.4. The fraction of sp³-hybridized carbons (Fsp3) is 0.562. The molecule has 0 aliphatic carbocycles. The third-order valence-electron chi connectivity index (χ3n) is 2.89. The predicted octanol–water partition coefficient (Wildman–Crippen LogP) is 1.35. The van der Waals surface area contributed by atoms with Gasteiger partial charge in [0.05, 0.1) is 6.54 Å². The molecule has 1 aromatic rings. The summed E-state index contributed by atoms with van der Waals surface area (Å²) in [6.07, 6.45) is 1.77. The van der Waals surface area contributed by atoms with Gasteiger partial charge in [-0.25, -0.2) is 4.98 Å². The van der Waals surface area contributed by atoms with Gasteiger partial charge in [-0.05, 0) is 26.8 Å². The highest BCUT2D eigenvalue weighted by molar-refractivity contribution is 14.0. The number of carbonyl (C=O) groups is 1. The Balaban J connectivity index is 0.00000529. The minimum atomic E-state index is -0.244. The first-order valence-electron chi connectivity index (χ1n) is 7.59. The maximum Gasteiger partial charge on any atom is 0.239 e. The second kappa shape index (κ2) is 10.3. The van der Waals surface area contributed by atoms with Crippen LogP contribution in [0.4, 0.5) is 5.82 Å². The molecule has 0 bridgehead atoms. The lowest BCUT2D eigenvalue weighted by molar-refractivity contribution is -0.121. The molecule has 1 amide bonds. The first-order chi connectivity index (χ1) is 10.7. The van der Waals surface area contributed by atoms with E-state index in [0.717, 1.165) is 11.4 Å². The van der Waals surface area contributed by atoms with Crippen LogP contribution >= 0.6 is 24.0 Å². The zero-order valence-corrected chi connectivity index (χ0v) is 17.6. The lowest BCUT2D eigenvalue weighted by atomic mass is 10.1. The van der Waals surface area contributed by atoms with Gasteiger partial charge >= 0.3 is 0 Å². The van der Waals surface area contributed by atoms with Gasteiger partial charge in [0.25, 0.3) is 0 Å². The van der Waals surface area contributed by atoms with E-state index in [1.807, 2.05) is 51.9 Å². The molecule has 1 heterocycles. The Hall–Kier alpha value is -1.58. The molecule has 0 saturated heterocycles. The number of nitrogens with one attached hydrogen (secondary N) is 3. The predicted molar refractivity (Wildman–Crippen MR) is 110 cm³/mol. The summed E-state index contributed by atoms with van der Waals surface area (Å²) in [7, 11) is 5.58. The molecule has 0 aromatic carbocycles. The molecule has 0 spiro atoms. The molecule has 0 radical (unpaired) electrons. The summed E-state index contributed by atoms with van der Waals surface area (Å²) in [5, 5.41) is 9.09. The standard InChI is InChI=1S/C16H28N6O.HI/c1-16(2,3)21-13(23)11-20-15(17-4)19-10-12-8-7-9-18-14(12)22(5)6;/h7-9H,10-11H2,1-6H3,(H,21,23)(H2,17,19,20);1H. The van der Waals surface area contributed by atoms with E-state index in [2.05, 4.69) is 25.9 Å². The third-order valence-corrected chi connectivity index (χ3v) is 2.89. The maximum atomic E-state index is 11.8. The van der Waals surface area contributed by atoms with Gasteiger partial charge in [0.1, 0.15) is 5.82 Å². The number of pyridine rings is 1. The van der Waals surface area contributed by atoms with E-state index in [9.17, 15) is 4.79 Å². The molecule has 0 aliphatic rings. The van der Waals surface area contributed by atoms with Crippen molar-refractivity contribution >= 4 is 41.7 Å². The van der Waals surface area contributed by atoms with Gasteiger partial charge in [-0.15, -0.1) is 24.0 Å². The van der Waals surface area contributed by atoms with Crippen molar-refractivity contribution < 1.29 is 4.79 Å². The van der Waals surface area contributed by atoms with Gasteiger partial charge < -0.3 is 20.9 Å².